The van der Waals surface area contributed by atoms with Crippen LogP contribution < -0.4 is 5.32 Å². The number of carboxylic acid groups (broad SMARTS) is 1. The number of halogens is 1. The second kappa shape index (κ2) is 8.57. The summed E-state index contributed by atoms with van der Waals surface area (Å²) < 4.78 is 0.326. The molecule has 0 atom stereocenters. The largest absolute Gasteiger partial charge is 0.477 e. The smallest absolute Gasteiger partial charge is 0.353 e. The van der Waals surface area contributed by atoms with Crippen LogP contribution in [0.5, 0.6) is 0 Å². The maximum atomic E-state index is 11.6. The highest BCUT2D eigenvalue weighted by Crippen LogP contribution is 2.39. The fraction of sp³-hybridized carbons (Fsp3) is 0.222. The van der Waals surface area contributed by atoms with Gasteiger partial charge in [-0.25, -0.2) is 9.78 Å². The third-order valence-corrected chi connectivity index (χ3v) is 5.24. The van der Waals surface area contributed by atoms with Crippen molar-refractivity contribution in [3.8, 4) is 11.1 Å². The van der Waals surface area contributed by atoms with Crippen LogP contribution in [0.25, 0.3) is 11.1 Å². The number of rotatable bonds is 8. The van der Waals surface area contributed by atoms with E-state index < -0.39 is 5.97 Å². The van der Waals surface area contributed by atoms with Crippen LogP contribution in [-0.2, 0) is 26.4 Å². The van der Waals surface area contributed by atoms with E-state index in [2.05, 4.69) is 36.2 Å². The number of carboxylic acids is 1. The van der Waals surface area contributed by atoms with E-state index in [1.54, 1.807) is 24.5 Å². The Kier molecular flexibility index (Phi) is 6.15. The Morgan fingerprint density at radius 1 is 1.14 bits per heavy atom. The van der Waals surface area contributed by atoms with Crippen molar-refractivity contribution in [2.45, 2.75) is 26.4 Å². The number of hydrogen-bond acceptors (Lipinski definition) is 6. The summed E-state index contributed by atoms with van der Waals surface area (Å²) in [6.45, 7) is -0.807. The van der Waals surface area contributed by atoms with Gasteiger partial charge in [-0.3, -0.25) is 0 Å². The fourth-order valence-electron chi connectivity index (χ4n) is 3.12. The SMILES string of the molecule is O=C(O)c1[nH]c(CNc2ncc[nH]2)c(-c2ccc(CO)c(CO)c2CO)c1Br. The van der Waals surface area contributed by atoms with Gasteiger partial charge in [0.15, 0.2) is 5.95 Å². The van der Waals surface area contributed by atoms with Crippen LogP contribution in [-0.4, -0.2) is 41.3 Å². The number of aromatic carboxylic acids is 1. The Balaban J connectivity index is 2.16. The first-order chi connectivity index (χ1) is 13.5. The molecule has 3 rings (SSSR count). The van der Waals surface area contributed by atoms with Crippen LogP contribution in [0.4, 0.5) is 5.95 Å². The van der Waals surface area contributed by atoms with Gasteiger partial charge < -0.3 is 35.7 Å². The van der Waals surface area contributed by atoms with E-state index in [-0.39, 0.29) is 32.1 Å². The molecule has 0 bridgehead atoms. The zero-order valence-corrected chi connectivity index (χ0v) is 16.2. The van der Waals surface area contributed by atoms with Crippen molar-refractivity contribution in [1.82, 2.24) is 15.0 Å². The highest BCUT2D eigenvalue weighted by Gasteiger charge is 2.24. The molecule has 2 aromatic heterocycles. The number of aromatic amines is 2. The molecule has 0 aliphatic heterocycles. The minimum atomic E-state index is -1.14. The minimum Gasteiger partial charge on any atom is -0.477 e. The number of H-pyrrole nitrogens is 2. The molecule has 3 aromatic rings. The minimum absolute atomic E-state index is 0.0353. The highest BCUT2D eigenvalue weighted by atomic mass is 79.9. The maximum absolute atomic E-state index is 11.6. The van der Waals surface area contributed by atoms with Gasteiger partial charge in [0.1, 0.15) is 5.69 Å². The second-order valence-corrected chi connectivity index (χ2v) is 6.76. The van der Waals surface area contributed by atoms with E-state index in [0.29, 0.717) is 43.9 Å². The first-order valence-corrected chi connectivity index (χ1v) is 9.14. The summed E-state index contributed by atoms with van der Waals surface area (Å²) in [7, 11) is 0. The lowest BCUT2D eigenvalue weighted by Crippen LogP contribution is -2.06. The molecular weight excluding hydrogens is 432 g/mol. The zero-order chi connectivity index (χ0) is 20.3. The van der Waals surface area contributed by atoms with Crippen molar-refractivity contribution < 1.29 is 25.2 Å². The van der Waals surface area contributed by atoms with E-state index >= 15 is 0 Å². The molecule has 9 nitrogen and oxygen atoms in total. The third kappa shape index (κ3) is 3.67. The molecular formula is C18H19BrN4O5. The van der Waals surface area contributed by atoms with Crippen LogP contribution in [0, 0.1) is 0 Å². The quantitative estimate of drug-likeness (QED) is 0.276. The summed E-state index contributed by atoms with van der Waals surface area (Å²) in [5, 5.41) is 41.7. The molecule has 1 aromatic carbocycles. The van der Waals surface area contributed by atoms with Crippen molar-refractivity contribution in [3.63, 3.8) is 0 Å². The number of benzene rings is 1. The lowest BCUT2D eigenvalue weighted by Gasteiger charge is -2.16. The van der Waals surface area contributed by atoms with Gasteiger partial charge >= 0.3 is 5.97 Å². The Morgan fingerprint density at radius 3 is 2.46 bits per heavy atom. The number of carbonyl (C=O) groups is 1. The van der Waals surface area contributed by atoms with Crippen LogP contribution in [0.2, 0.25) is 0 Å². The van der Waals surface area contributed by atoms with E-state index in [0.717, 1.165) is 0 Å². The van der Waals surface area contributed by atoms with Gasteiger partial charge in [-0.15, -0.1) is 0 Å². The molecule has 0 saturated heterocycles. The standard InChI is InChI=1S/C18H19BrN4O5/c19-15-14(10-2-1-9(6-24)11(7-25)12(10)8-26)13(23-16(15)17(27)28)5-22-18-20-3-4-21-18/h1-4,23-26H,5-8H2,(H,27,28)(H2,20,21,22). The van der Waals surface area contributed by atoms with Crippen molar-refractivity contribution >= 4 is 27.8 Å². The topological polar surface area (TPSA) is 154 Å². The van der Waals surface area contributed by atoms with Crippen molar-refractivity contribution in [1.29, 1.82) is 0 Å². The third-order valence-electron chi connectivity index (χ3n) is 4.45. The molecule has 0 aliphatic rings. The Morgan fingerprint density at radius 2 is 1.89 bits per heavy atom. The van der Waals surface area contributed by atoms with Crippen molar-refractivity contribution in [2.24, 2.45) is 0 Å². The summed E-state index contributed by atoms with van der Waals surface area (Å²) in [6, 6.07) is 3.33. The first kappa shape index (κ1) is 20.1. The second-order valence-electron chi connectivity index (χ2n) is 5.97. The Bertz CT molecular complexity index is 985. The molecule has 0 saturated carbocycles. The normalized spacial score (nSPS) is 11.0. The molecule has 10 heteroatoms. The fourth-order valence-corrected chi connectivity index (χ4v) is 3.84. The Labute approximate surface area is 168 Å². The van der Waals surface area contributed by atoms with Gasteiger partial charge in [-0.1, -0.05) is 12.1 Å². The molecule has 2 heterocycles. The number of nitrogens with zero attached hydrogens (tertiary/aromatic N) is 1. The van der Waals surface area contributed by atoms with E-state index in [9.17, 15) is 25.2 Å². The van der Waals surface area contributed by atoms with Crippen LogP contribution in [0.3, 0.4) is 0 Å². The molecule has 148 valence electrons. The number of aliphatic hydroxyl groups excluding tert-OH is 3. The van der Waals surface area contributed by atoms with Crippen molar-refractivity contribution in [3.05, 3.63) is 57.1 Å². The van der Waals surface area contributed by atoms with Gasteiger partial charge in [0.25, 0.3) is 0 Å². The van der Waals surface area contributed by atoms with Crippen LogP contribution in [0.15, 0.2) is 29.0 Å². The molecule has 28 heavy (non-hydrogen) atoms. The summed E-state index contributed by atoms with van der Waals surface area (Å²) >= 11 is 3.35. The maximum Gasteiger partial charge on any atom is 0.353 e. The predicted octanol–water partition coefficient (Wildman–Crippen LogP) is 1.95. The van der Waals surface area contributed by atoms with Gasteiger partial charge in [0.05, 0.1) is 30.8 Å². The molecule has 0 fully saturated rings. The summed E-state index contributed by atoms with van der Waals surface area (Å²) in [5.74, 6) is -0.625. The van der Waals surface area contributed by atoms with E-state index in [1.807, 2.05) is 0 Å². The summed E-state index contributed by atoms with van der Waals surface area (Å²) in [6.07, 6.45) is 3.24. The molecule has 0 aliphatic carbocycles. The van der Waals surface area contributed by atoms with Crippen molar-refractivity contribution in [2.75, 3.05) is 5.32 Å². The predicted molar refractivity (Wildman–Crippen MR) is 105 cm³/mol. The van der Waals surface area contributed by atoms with Gasteiger partial charge in [0.2, 0.25) is 0 Å². The van der Waals surface area contributed by atoms with E-state index in [1.165, 1.54) is 0 Å². The van der Waals surface area contributed by atoms with Gasteiger partial charge in [0, 0.05) is 23.7 Å². The van der Waals surface area contributed by atoms with Gasteiger partial charge in [-0.2, -0.15) is 0 Å². The monoisotopic (exact) mass is 450 g/mol. The van der Waals surface area contributed by atoms with E-state index in [4.69, 9.17) is 0 Å². The average molecular weight is 451 g/mol. The highest BCUT2D eigenvalue weighted by molar-refractivity contribution is 9.10. The summed E-state index contributed by atoms with van der Waals surface area (Å²) in [5.41, 5.74) is 2.94. The molecule has 0 radical (unpaired) electrons. The summed E-state index contributed by atoms with van der Waals surface area (Å²) in [4.78, 5) is 21.5. The lowest BCUT2D eigenvalue weighted by atomic mass is 9.92. The van der Waals surface area contributed by atoms with Crippen LogP contribution >= 0.6 is 15.9 Å². The molecule has 0 spiro atoms. The molecule has 0 amide bonds. The lowest BCUT2D eigenvalue weighted by molar-refractivity contribution is 0.0690. The molecule has 7 N–H and O–H groups in total. The number of aliphatic hydroxyl groups is 3. The number of anilines is 1. The number of hydrogen-bond donors (Lipinski definition) is 7. The zero-order valence-electron chi connectivity index (χ0n) is 14.7. The molecule has 0 unspecified atom stereocenters. The number of aromatic nitrogens is 3. The Hall–Kier alpha value is -2.66. The van der Waals surface area contributed by atoms with Crippen LogP contribution in [0.1, 0.15) is 32.9 Å². The number of imidazole rings is 1. The first-order valence-electron chi connectivity index (χ1n) is 8.35. The van der Waals surface area contributed by atoms with Gasteiger partial charge in [-0.05, 0) is 38.2 Å². The average Bonchev–Trinajstić information content (AvgIpc) is 3.32. The number of nitrogens with one attached hydrogen (secondary N) is 3.